The van der Waals surface area contributed by atoms with E-state index in [2.05, 4.69) is 18.2 Å². The highest BCUT2D eigenvalue weighted by atomic mass is 19.1. The van der Waals surface area contributed by atoms with Gasteiger partial charge in [0.15, 0.2) is 0 Å². The van der Waals surface area contributed by atoms with E-state index < -0.39 is 0 Å². The highest BCUT2D eigenvalue weighted by Crippen LogP contribution is 2.23. The van der Waals surface area contributed by atoms with Gasteiger partial charge >= 0.3 is 0 Å². The summed E-state index contributed by atoms with van der Waals surface area (Å²) in [6, 6.07) is 26.0. The third kappa shape index (κ3) is 4.09. The lowest BCUT2D eigenvalue weighted by atomic mass is 10.0. The quantitative estimate of drug-likeness (QED) is 0.491. The zero-order valence-corrected chi connectivity index (χ0v) is 16.8. The molecule has 0 aliphatic carbocycles. The topological polar surface area (TPSA) is 46.3 Å². The lowest BCUT2D eigenvalue weighted by molar-refractivity contribution is 0.0785. The Balaban J connectivity index is 1.52. The number of nitrogens with zero attached hydrogens (tertiary/aromatic N) is 1. The van der Waals surface area contributed by atoms with Crippen LogP contribution in [0.2, 0.25) is 0 Å². The fraction of sp³-hybridized carbons (Fsp3) is 0.115. The molecule has 0 fully saturated rings. The van der Waals surface area contributed by atoms with E-state index in [0.29, 0.717) is 18.7 Å². The molecule has 4 aromatic carbocycles. The summed E-state index contributed by atoms with van der Waals surface area (Å²) < 4.78 is 13.1. The molecule has 0 aromatic heterocycles. The van der Waals surface area contributed by atoms with Crippen molar-refractivity contribution in [1.29, 1.82) is 0 Å². The number of carbonyl (C=O) groups excluding carboxylic acids is 1. The standard InChI is InChI=1S/C26H23FN2O/c1-29(17-23-4-2-3-22-15-18(16-28)5-14-25(22)23)26(30)21-8-6-19(7-9-21)20-10-12-24(27)13-11-20/h2-15H,16-17,28H2,1H3. The number of nitrogens with two attached hydrogens (primary N) is 1. The molecular formula is C26H23FN2O. The molecule has 30 heavy (non-hydrogen) atoms. The average molecular weight is 398 g/mol. The van der Waals surface area contributed by atoms with Gasteiger partial charge in [0.2, 0.25) is 0 Å². The van der Waals surface area contributed by atoms with Gasteiger partial charge in [0.05, 0.1) is 0 Å². The largest absolute Gasteiger partial charge is 0.337 e. The molecule has 0 spiro atoms. The van der Waals surface area contributed by atoms with Crippen molar-refractivity contribution in [3.05, 3.63) is 107 Å². The van der Waals surface area contributed by atoms with Crippen LogP contribution in [0.5, 0.6) is 0 Å². The minimum Gasteiger partial charge on any atom is -0.337 e. The summed E-state index contributed by atoms with van der Waals surface area (Å²) in [4.78, 5) is 14.7. The van der Waals surface area contributed by atoms with Crippen LogP contribution in [0.25, 0.3) is 21.9 Å². The van der Waals surface area contributed by atoms with Gasteiger partial charge in [0.1, 0.15) is 5.82 Å². The monoisotopic (exact) mass is 398 g/mol. The van der Waals surface area contributed by atoms with Crippen LogP contribution in [0.4, 0.5) is 4.39 Å². The predicted octanol–water partition coefficient (Wildman–Crippen LogP) is 5.38. The van der Waals surface area contributed by atoms with Crippen LogP contribution < -0.4 is 5.73 Å². The zero-order valence-electron chi connectivity index (χ0n) is 16.8. The molecule has 1 amide bonds. The van der Waals surface area contributed by atoms with Crippen LogP contribution in [-0.4, -0.2) is 17.9 Å². The fourth-order valence-corrected chi connectivity index (χ4v) is 3.66. The predicted molar refractivity (Wildman–Crippen MR) is 119 cm³/mol. The normalized spacial score (nSPS) is 10.9. The molecule has 0 saturated carbocycles. The van der Waals surface area contributed by atoms with Crippen molar-refractivity contribution in [3.8, 4) is 11.1 Å². The molecule has 0 aliphatic rings. The first-order chi connectivity index (χ1) is 14.5. The summed E-state index contributed by atoms with van der Waals surface area (Å²) in [6.45, 7) is 1.02. The summed E-state index contributed by atoms with van der Waals surface area (Å²) in [7, 11) is 1.81. The lowest BCUT2D eigenvalue weighted by Gasteiger charge is -2.19. The number of amides is 1. The van der Waals surface area contributed by atoms with Gasteiger partial charge in [0.25, 0.3) is 5.91 Å². The van der Waals surface area contributed by atoms with E-state index in [1.165, 1.54) is 12.1 Å². The van der Waals surface area contributed by atoms with Gasteiger partial charge in [0, 0.05) is 25.7 Å². The van der Waals surface area contributed by atoms with E-state index in [4.69, 9.17) is 5.73 Å². The van der Waals surface area contributed by atoms with Crippen molar-refractivity contribution >= 4 is 16.7 Å². The second-order valence-corrected chi connectivity index (χ2v) is 7.42. The fourth-order valence-electron chi connectivity index (χ4n) is 3.66. The second kappa shape index (κ2) is 8.47. The van der Waals surface area contributed by atoms with Gasteiger partial charge in [-0.15, -0.1) is 0 Å². The molecule has 0 heterocycles. The first kappa shape index (κ1) is 19.8. The maximum absolute atomic E-state index is 13.1. The van der Waals surface area contributed by atoms with Crippen molar-refractivity contribution in [3.63, 3.8) is 0 Å². The van der Waals surface area contributed by atoms with Crippen molar-refractivity contribution in [1.82, 2.24) is 4.90 Å². The number of halogens is 1. The summed E-state index contributed by atoms with van der Waals surface area (Å²) >= 11 is 0. The Morgan fingerprint density at radius 3 is 2.23 bits per heavy atom. The van der Waals surface area contributed by atoms with Gasteiger partial charge in [-0.1, -0.05) is 54.6 Å². The summed E-state index contributed by atoms with van der Waals surface area (Å²) in [5, 5.41) is 2.25. The van der Waals surface area contributed by atoms with Gasteiger partial charge in [-0.3, -0.25) is 4.79 Å². The van der Waals surface area contributed by atoms with Gasteiger partial charge in [-0.2, -0.15) is 0 Å². The SMILES string of the molecule is CN(Cc1cccc2cc(CN)ccc12)C(=O)c1ccc(-c2ccc(F)cc2)cc1. The zero-order chi connectivity index (χ0) is 21.1. The number of fused-ring (bicyclic) bond motifs is 1. The van der Waals surface area contributed by atoms with E-state index in [0.717, 1.165) is 33.0 Å². The number of rotatable bonds is 5. The number of carbonyl (C=O) groups is 1. The second-order valence-electron chi connectivity index (χ2n) is 7.42. The van der Waals surface area contributed by atoms with Gasteiger partial charge in [-0.25, -0.2) is 4.39 Å². The molecule has 4 aromatic rings. The maximum Gasteiger partial charge on any atom is 0.253 e. The minimum absolute atomic E-state index is 0.0452. The lowest BCUT2D eigenvalue weighted by Crippen LogP contribution is -2.26. The Labute approximate surface area is 175 Å². The number of hydrogen-bond donors (Lipinski definition) is 1. The molecule has 0 aliphatic heterocycles. The third-order valence-corrected chi connectivity index (χ3v) is 5.33. The first-order valence-corrected chi connectivity index (χ1v) is 9.87. The highest BCUT2D eigenvalue weighted by Gasteiger charge is 2.14. The van der Waals surface area contributed by atoms with Crippen LogP contribution in [0, 0.1) is 5.82 Å². The number of benzene rings is 4. The van der Waals surface area contributed by atoms with Crippen LogP contribution >= 0.6 is 0 Å². The van der Waals surface area contributed by atoms with Crippen LogP contribution in [0.1, 0.15) is 21.5 Å². The molecule has 0 saturated heterocycles. The molecule has 3 nitrogen and oxygen atoms in total. The maximum atomic E-state index is 13.1. The van der Waals surface area contributed by atoms with Crippen molar-refractivity contribution < 1.29 is 9.18 Å². The van der Waals surface area contributed by atoms with E-state index in [9.17, 15) is 9.18 Å². The third-order valence-electron chi connectivity index (χ3n) is 5.33. The van der Waals surface area contributed by atoms with E-state index >= 15 is 0 Å². The molecule has 0 radical (unpaired) electrons. The molecule has 0 bridgehead atoms. The van der Waals surface area contributed by atoms with Crippen molar-refractivity contribution in [2.24, 2.45) is 5.73 Å². The molecule has 150 valence electrons. The minimum atomic E-state index is -0.264. The smallest absolute Gasteiger partial charge is 0.253 e. The Bertz CT molecular complexity index is 1180. The first-order valence-electron chi connectivity index (χ1n) is 9.87. The average Bonchev–Trinajstić information content (AvgIpc) is 2.79. The van der Waals surface area contributed by atoms with Crippen LogP contribution in [-0.2, 0) is 13.1 Å². The van der Waals surface area contributed by atoms with Gasteiger partial charge < -0.3 is 10.6 Å². The Morgan fingerprint density at radius 1 is 0.900 bits per heavy atom. The van der Waals surface area contributed by atoms with Crippen LogP contribution in [0.15, 0.2) is 84.9 Å². The summed E-state index contributed by atoms with van der Waals surface area (Å²) in [5.74, 6) is -0.309. The van der Waals surface area contributed by atoms with E-state index in [1.807, 2.05) is 49.5 Å². The van der Waals surface area contributed by atoms with Crippen molar-refractivity contribution in [2.75, 3.05) is 7.05 Å². The van der Waals surface area contributed by atoms with Gasteiger partial charge in [-0.05, 0) is 63.4 Å². The van der Waals surface area contributed by atoms with E-state index in [-0.39, 0.29) is 11.7 Å². The molecule has 4 heteroatoms. The van der Waals surface area contributed by atoms with Crippen LogP contribution in [0.3, 0.4) is 0 Å². The Morgan fingerprint density at radius 2 is 1.57 bits per heavy atom. The van der Waals surface area contributed by atoms with E-state index in [1.54, 1.807) is 17.0 Å². The summed E-state index contributed by atoms with van der Waals surface area (Å²) in [5.41, 5.74) is 10.4. The summed E-state index contributed by atoms with van der Waals surface area (Å²) in [6.07, 6.45) is 0. The molecule has 4 rings (SSSR count). The molecule has 0 unspecified atom stereocenters. The Kier molecular flexibility index (Phi) is 5.59. The highest BCUT2D eigenvalue weighted by molar-refractivity contribution is 5.95. The van der Waals surface area contributed by atoms with Crippen molar-refractivity contribution in [2.45, 2.75) is 13.1 Å². The molecular weight excluding hydrogens is 375 g/mol. The Hall–Kier alpha value is -3.50. The number of hydrogen-bond acceptors (Lipinski definition) is 2. The molecule has 0 atom stereocenters. The molecule has 2 N–H and O–H groups in total.